The lowest BCUT2D eigenvalue weighted by Gasteiger charge is -2.25. The normalized spacial score (nSPS) is 17.8. The largest absolute Gasteiger partial charge is 0.350 e. The van der Waals surface area contributed by atoms with Crippen LogP contribution < -0.4 is 4.90 Å². The lowest BCUT2D eigenvalue weighted by atomic mass is 10.0. The van der Waals surface area contributed by atoms with Crippen molar-refractivity contribution < 1.29 is 8.78 Å². The highest BCUT2D eigenvalue weighted by Crippen LogP contribution is 2.37. The van der Waals surface area contributed by atoms with Crippen LogP contribution >= 0.6 is 12.2 Å². The number of hydrogen-bond acceptors (Lipinski definition) is 4. The summed E-state index contributed by atoms with van der Waals surface area (Å²) in [6.07, 6.45) is 1.65. The molecule has 21 heavy (non-hydrogen) atoms. The molecule has 0 spiro atoms. The average molecular weight is 306 g/mol. The van der Waals surface area contributed by atoms with Gasteiger partial charge in [-0.25, -0.2) is 8.78 Å². The Labute approximate surface area is 125 Å². The van der Waals surface area contributed by atoms with E-state index in [1.54, 1.807) is 6.07 Å². The van der Waals surface area contributed by atoms with Crippen LogP contribution in [0.25, 0.3) is 0 Å². The minimum atomic E-state index is -0.436. The molecule has 108 valence electrons. The molecule has 3 rings (SSSR count). The van der Waals surface area contributed by atoms with Crippen molar-refractivity contribution in [3.63, 3.8) is 0 Å². The number of anilines is 1. The number of thiocarbonyl (C=S) groups is 1. The van der Waals surface area contributed by atoms with Crippen molar-refractivity contribution in [1.29, 1.82) is 0 Å². The zero-order valence-electron chi connectivity index (χ0n) is 11.0. The third kappa shape index (κ3) is 2.70. The van der Waals surface area contributed by atoms with E-state index in [4.69, 9.17) is 0 Å². The Kier molecular flexibility index (Phi) is 3.77. The summed E-state index contributed by atoms with van der Waals surface area (Å²) in [5, 5.41) is 9.08. The standard InChI is InChI=1S/C14H12F2N4S/c15-9-3-4-11(16)10(6-9)12-2-1-5-20(12)14-7-13(17-8-21)18-19-14/h3-4,6-7,12H,1-2,5H2,(H,18,19)/t12-/m1/s1. The summed E-state index contributed by atoms with van der Waals surface area (Å²) >= 11 is 4.53. The molecule has 0 radical (unpaired) electrons. The number of aromatic nitrogens is 2. The van der Waals surface area contributed by atoms with Crippen molar-refractivity contribution in [1.82, 2.24) is 10.2 Å². The minimum absolute atomic E-state index is 0.217. The van der Waals surface area contributed by atoms with Crippen LogP contribution in [0.1, 0.15) is 24.4 Å². The summed E-state index contributed by atoms with van der Waals surface area (Å²) in [6, 6.07) is 5.04. The molecule has 4 nitrogen and oxygen atoms in total. The summed E-state index contributed by atoms with van der Waals surface area (Å²) in [5.74, 6) is 0.300. The van der Waals surface area contributed by atoms with Gasteiger partial charge in [-0.2, -0.15) is 10.1 Å². The summed E-state index contributed by atoms with van der Waals surface area (Å²) in [6.45, 7) is 0.740. The Hall–Kier alpha value is -2.11. The predicted molar refractivity (Wildman–Crippen MR) is 79.0 cm³/mol. The van der Waals surface area contributed by atoms with Gasteiger partial charge in [-0.05, 0) is 43.3 Å². The Bertz CT molecular complexity index is 709. The first kappa shape index (κ1) is 13.9. The van der Waals surface area contributed by atoms with Gasteiger partial charge >= 0.3 is 0 Å². The molecule has 1 fully saturated rings. The van der Waals surface area contributed by atoms with Crippen LogP contribution in [0.3, 0.4) is 0 Å². The third-order valence-electron chi connectivity index (χ3n) is 3.59. The highest BCUT2D eigenvalue weighted by Gasteiger charge is 2.29. The quantitative estimate of drug-likeness (QED) is 0.693. The third-order valence-corrected chi connectivity index (χ3v) is 3.68. The molecule has 1 N–H and O–H groups in total. The monoisotopic (exact) mass is 306 g/mol. The molecule has 1 aliphatic heterocycles. The van der Waals surface area contributed by atoms with E-state index in [0.717, 1.165) is 31.5 Å². The van der Waals surface area contributed by atoms with Crippen molar-refractivity contribution in [2.24, 2.45) is 4.99 Å². The number of benzene rings is 1. The molecule has 0 bridgehead atoms. The van der Waals surface area contributed by atoms with Gasteiger partial charge in [-0.15, -0.1) is 0 Å². The van der Waals surface area contributed by atoms with Crippen molar-refractivity contribution in [3.8, 4) is 0 Å². The Morgan fingerprint density at radius 3 is 3.05 bits per heavy atom. The van der Waals surface area contributed by atoms with Crippen LogP contribution in [0.4, 0.5) is 20.4 Å². The van der Waals surface area contributed by atoms with Gasteiger partial charge in [-0.3, -0.25) is 5.10 Å². The number of aliphatic imine (C=N–C) groups is 1. The summed E-state index contributed by atoms with van der Waals surface area (Å²) < 4.78 is 27.4. The molecule has 0 unspecified atom stereocenters. The average Bonchev–Trinajstić information content (AvgIpc) is 3.10. The van der Waals surface area contributed by atoms with Crippen LogP contribution in [0.15, 0.2) is 29.3 Å². The summed E-state index contributed by atoms with van der Waals surface area (Å²) in [5.41, 5.74) is 0.363. The first-order chi connectivity index (χ1) is 10.2. The molecular weight excluding hydrogens is 294 g/mol. The van der Waals surface area contributed by atoms with Gasteiger partial charge in [0.15, 0.2) is 5.82 Å². The molecule has 1 atom stereocenters. The van der Waals surface area contributed by atoms with Crippen molar-refractivity contribution in [2.45, 2.75) is 18.9 Å². The smallest absolute Gasteiger partial charge is 0.186 e. The number of hydrogen-bond donors (Lipinski definition) is 1. The maximum absolute atomic E-state index is 14.0. The molecule has 0 amide bonds. The molecule has 2 heterocycles. The highest BCUT2D eigenvalue weighted by atomic mass is 32.1. The van der Waals surface area contributed by atoms with E-state index in [-0.39, 0.29) is 6.04 Å². The topological polar surface area (TPSA) is 44.3 Å². The Morgan fingerprint density at radius 2 is 2.24 bits per heavy atom. The Balaban J connectivity index is 1.94. The van der Waals surface area contributed by atoms with Gasteiger partial charge in [0, 0.05) is 18.2 Å². The fourth-order valence-corrected chi connectivity index (χ4v) is 2.79. The molecule has 1 aliphatic rings. The van der Waals surface area contributed by atoms with E-state index in [9.17, 15) is 8.78 Å². The number of nitrogens with one attached hydrogen (secondary N) is 1. The SMILES string of the molecule is Fc1ccc(F)c([C@H]2CCCN2c2cc(N=C=S)n[nH]2)c1. The van der Waals surface area contributed by atoms with E-state index >= 15 is 0 Å². The van der Waals surface area contributed by atoms with Crippen molar-refractivity contribution in [3.05, 3.63) is 41.5 Å². The van der Waals surface area contributed by atoms with Gasteiger partial charge in [0.05, 0.1) is 11.2 Å². The summed E-state index contributed by atoms with van der Waals surface area (Å²) in [7, 11) is 0. The van der Waals surface area contributed by atoms with E-state index < -0.39 is 11.6 Å². The number of halogens is 2. The maximum atomic E-state index is 14.0. The number of nitrogens with zero attached hydrogens (tertiary/aromatic N) is 3. The van der Waals surface area contributed by atoms with Crippen molar-refractivity contribution in [2.75, 3.05) is 11.4 Å². The van der Waals surface area contributed by atoms with E-state index in [1.807, 2.05) is 4.90 Å². The van der Waals surface area contributed by atoms with Crippen LogP contribution in [-0.2, 0) is 0 Å². The van der Waals surface area contributed by atoms with Crippen LogP contribution in [0.5, 0.6) is 0 Å². The second-order valence-corrected chi connectivity index (χ2v) is 5.01. The number of isothiocyanates is 1. The van der Waals surface area contributed by atoms with Crippen LogP contribution in [0, 0.1) is 11.6 Å². The molecule has 7 heteroatoms. The van der Waals surface area contributed by atoms with E-state index in [1.165, 1.54) is 6.07 Å². The molecule has 0 saturated carbocycles. The zero-order chi connectivity index (χ0) is 14.8. The van der Waals surface area contributed by atoms with Crippen molar-refractivity contribution >= 4 is 29.0 Å². The number of H-pyrrole nitrogens is 1. The second kappa shape index (κ2) is 5.71. The molecule has 1 saturated heterocycles. The lowest BCUT2D eigenvalue weighted by Crippen LogP contribution is -2.23. The molecule has 2 aromatic rings. The van der Waals surface area contributed by atoms with Crippen LogP contribution in [-0.4, -0.2) is 21.9 Å². The summed E-state index contributed by atoms with van der Waals surface area (Å²) in [4.78, 5) is 5.76. The van der Waals surface area contributed by atoms with Gasteiger partial charge in [0.1, 0.15) is 17.5 Å². The van der Waals surface area contributed by atoms with Gasteiger partial charge in [0.25, 0.3) is 0 Å². The highest BCUT2D eigenvalue weighted by molar-refractivity contribution is 7.78. The number of aromatic amines is 1. The minimum Gasteiger partial charge on any atom is -0.350 e. The van der Waals surface area contributed by atoms with Gasteiger partial charge < -0.3 is 4.90 Å². The molecular formula is C14H12F2N4S. The Morgan fingerprint density at radius 1 is 1.38 bits per heavy atom. The first-order valence-electron chi connectivity index (χ1n) is 6.54. The van der Waals surface area contributed by atoms with Gasteiger partial charge in [-0.1, -0.05) is 0 Å². The van der Waals surface area contributed by atoms with E-state index in [2.05, 4.69) is 32.6 Å². The van der Waals surface area contributed by atoms with E-state index in [0.29, 0.717) is 17.2 Å². The fraction of sp³-hybridized carbons (Fsp3) is 0.286. The predicted octanol–water partition coefficient (Wildman–Crippen LogP) is 3.76. The zero-order valence-corrected chi connectivity index (χ0v) is 11.8. The second-order valence-electron chi connectivity index (χ2n) is 4.83. The molecule has 1 aromatic heterocycles. The van der Waals surface area contributed by atoms with Gasteiger partial charge in [0.2, 0.25) is 0 Å². The molecule has 1 aromatic carbocycles. The number of rotatable bonds is 3. The molecule has 0 aliphatic carbocycles. The van der Waals surface area contributed by atoms with Crippen LogP contribution in [0.2, 0.25) is 0 Å². The maximum Gasteiger partial charge on any atom is 0.186 e. The fourth-order valence-electron chi connectivity index (χ4n) is 2.70. The first-order valence-corrected chi connectivity index (χ1v) is 6.95. The lowest BCUT2D eigenvalue weighted by molar-refractivity contribution is 0.560.